The SMILES string of the molecule is COc1ccc2cc(C3(c4ccc5cc(Oc6cccc(C)c6C#N)ccc5c4)c4ccccc4-c4ccccc43)ccc2c1. The van der Waals surface area contributed by atoms with Crippen LogP contribution in [0.2, 0.25) is 0 Å². The summed E-state index contributed by atoms with van der Waals surface area (Å²) in [5.41, 5.74) is 8.46. The smallest absolute Gasteiger partial charge is 0.145 e. The quantitative estimate of drug-likeness (QED) is 0.204. The summed E-state index contributed by atoms with van der Waals surface area (Å²) in [6, 6.07) is 51.6. The summed E-state index contributed by atoms with van der Waals surface area (Å²) in [4.78, 5) is 0. The number of ether oxygens (including phenoxy) is 2. The summed E-state index contributed by atoms with van der Waals surface area (Å²) in [7, 11) is 1.71. The number of methoxy groups -OCH3 is 1. The van der Waals surface area contributed by atoms with E-state index in [1.165, 1.54) is 38.8 Å². The third-order valence-corrected chi connectivity index (χ3v) is 9.25. The van der Waals surface area contributed by atoms with Crippen molar-refractivity contribution in [3.8, 4) is 34.4 Å². The molecule has 3 heteroatoms. The fraction of sp³-hybridized carbons (Fsp3) is 0.0714. The maximum absolute atomic E-state index is 9.69. The van der Waals surface area contributed by atoms with Crippen LogP contribution in [0, 0.1) is 18.3 Å². The molecular formula is C42H29NO2. The third-order valence-electron chi connectivity index (χ3n) is 9.25. The number of fused-ring (bicyclic) bond motifs is 5. The molecule has 0 saturated heterocycles. The fourth-order valence-electron chi connectivity index (χ4n) is 7.12. The van der Waals surface area contributed by atoms with Crippen molar-refractivity contribution in [3.63, 3.8) is 0 Å². The predicted octanol–water partition coefficient (Wildman–Crippen LogP) is 10.3. The van der Waals surface area contributed by atoms with Crippen LogP contribution >= 0.6 is 0 Å². The van der Waals surface area contributed by atoms with E-state index in [9.17, 15) is 5.26 Å². The van der Waals surface area contributed by atoms with Gasteiger partial charge in [0.2, 0.25) is 0 Å². The van der Waals surface area contributed by atoms with E-state index in [2.05, 4.69) is 115 Å². The lowest BCUT2D eigenvalue weighted by molar-refractivity contribution is 0.415. The Kier molecular flexibility index (Phi) is 6.18. The molecule has 0 unspecified atom stereocenters. The van der Waals surface area contributed by atoms with Crippen LogP contribution in [-0.2, 0) is 5.41 Å². The van der Waals surface area contributed by atoms with Crippen molar-refractivity contribution in [1.29, 1.82) is 5.26 Å². The minimum absolute atomic E-state index is 0.506. The van der Waals surface area contributed by atoms with Crippen LogP contribution in [0.5, 0.6) is 17.2 Å². The highest BCUT2D eigenvalue weighted by atomic mass is 16.5. The lowest BCUT2D eigenvalue weighted by Gasteiger charge is -2.34. The summed E-state index contributed by atoms with van der Waals surface area (Å²) in [5, 5.41) is 14.2. The second-order valence-corrected chi connectivity index (χ2v) is 11.7. The van der Waals surface area contributed by atoms with Crippen molar-refractivity contribution in [1.82, 2.24) is 0 Å². The van der Waals surface area contributed by atoms with Gasteiger partial charge < -0.3 is 9.47 Å². The molecule has 0 N–H and O–H groups in total. The van der Waals surface area contributed by atoms with Crippen LogP contribution in [0.4, 0.5) is 0 Å². The number of nitrogens with zero attached hydrogens (tertiary/aromatic N) is 1. The summed E-state index contributed by atoms with van der Waals surface area (Å²) in [6.45, 7) is 1.93. The van der Waals surface area contributed by atoms with Crippen molar-refractivity contribution in [2.45, 2.75) is 12.3 Å². The molecule has 7 aromatic carbocycles. The van der Waals surface area contributed by atoms with Crippen LogP contribution in [0.1, 0.15) is 33.4 Å². The largest absolute Gasteiger partial charge is 0.497 e. The number of rotatable bonds is 5. The first-order chi connectivity index (χ1) is 22.1. The van der Waals surface area contributed by atoms with Crippen molar-refractivity contribution in [3.05, 3.63) is 173 Å². The van der Waals surface area contributed by atoms with Gasteiger partial charge in [-0.25, -0.2) is 0 Å². The lowest BCUT2D eigenvalue weighted by atomic mass is 9.67. The van der Waals surface area contributed by atoms with Crippen molar-refractivity contribution >= 4 is 21.5 Å². The van der Waals surface area contributed by atoms with Crippen LogP contribution < -0.4 is 9.47 Å². The standard InChI is InChI=1S/C42H29NO2/c1-27-8-7-13-41(38(27)26-43)45-35-21-17-29-23-33(19-15-31(29)25-35)42(32-18-14-30-24-34(44-2)20-16-28(30)22-32)39-11-5-3-9-36(39)37-10-4-6-12-40(37)42/h3-25H,1-2H3. The van der Waals surface area contributed by atoms with Gasteiger partial charge in [0.15, 0.2) is 0 Å². The molecule has 3 nitrogen and oxygen atoms in total. The average Bonchev–Trinajstić information content (AvgIpc) is 3.39. The molecule has 7 aromatic rings. The molecule has 8 rings (SSSR count). The van der Waals surface area contributed by atoms with Gasteiger partial charge in [-0.3, -0.25) is 0 Å². The van der Waals surface area contributed by atoms with E-state index in [4.69, 9.17) is 9.47 Å². The number of nitriles is 1. The molecule has 0 heterocycles. The second-order valence-electron chi connectivity index (χ2n) is 11.7. The highest BCUT2D eigenvalue weighted by Gasteiger charge is 2.46. The number of benzene rings is 7. The Balaban J connectivity index is 1.33. The summed E-state index contributed by atoms with van der Waals surface area (Å²) < 4.78 is 11.7. The predicted molar refractivity (Wildman–Crippen MR) is 181 cm³/mol. The molecule has 1 aliphatic rings. The molecule has 0 atom stereocenters. The molecule has 0 spiro atoms. The van der Waals surface area contributed by atoms with E-state index in [0.717, 1.165) is 27.5 Å². The van der Waals surface area contributed by atoms with Gasteiger partial charge in [0.1, 0.15) is 23.3 Å². The zero-order valence-corrected chi connectivity index (χ0v) is 25.0. The molecule has 0 fully saturated rings. The highest BCUT2D eigenvalue weighted by Crippen LogP contribution is 2.56. The molecule has 0 radical (unpaired) electrons. The second kappa shape index (κ2) is 10.4. The summed E-state index contributed by atoms with van der Waals surface area (Å²) in [5.74, 6) is 2.12. The van der Waals surface area contributed by atoms with Gasteiger partial charge in [0.05, 0.1) is 18.1 Å². The van der Waals surface area contributed by atoms with Gasteiger partial charge in [0, 0.05) is 0 Å². The molecule has 0 bridgehead atoms. The number of hydrogen-bond acceptors (Lipinski definition) is 3. The Labute approximate surface area is 262 Å². The van der Waals surface area contributed by atoms with Crippen LogP contribution in [0.25, 0.3) is 32.7 Å². The Morgan fingerprint density at radius 1 is 0.556 bits per heavy atom. The van der Waals surface area contributed by atoms with E-state index in [1.807, 2.05) is 37.3 Å². The van der Waals surface area contributed by atoms with Gasteiger partial charge in [-0.15, -0.1) is 0 Å². The lowest BCUT2D eigenvalue weighted by Crippen LogP contribution is -2.28. The Bertz CT molecular complexity index is 2280. The Morgan fingerprint density at radius 2 is 1.09 bits per heavy atom. The van der Waals surface area contributed by atoms with Gasteiger partial charge in [-0.1, -0.05) is 97.1 Å². The highest BCUT2D eigenvalue weighted by molar-refractivity contribution is 5.92. The third kappa shape index (κ3) is 4.11. The minimum atomic E-state index is -0.506. The van der Waals surface area contributed by atoms with E-state index >= 15 is 0 Å². The van der Waals surface area contributed by atoms with Crippen LogP contribution in [-0.4, -0.2) is 7.11 Å². The molecule has 214 valence electrons. The minimum Gasteiger partial charge on any atom is -0.497 e. The topological polar surface area (TPSA) is 42.2 Å². The maximum atomic E-state index is 9.69. The van der Waals surface area contributed by atoms with Crippen molar-refractivity contribution < 1.29 is 9.47 Å². The van der Waals surface area contributed by atoms with E-state index < -0.39 is 5.41 Å². The molecule has 45 heavy (non-hydrogen) atoms. The summed E-state index contributed by atoms with van der Waals surface area (Å²) >= 11 is 0. The van der Waals surface area contributed by atoms with E-state index in [0.29, 0.717) is 17.1 Å². The molecule has 1 aliphatic carbocycles. The summed E-state index contributed by atoms with van der Waals surface area (Å²) in [6.07, 6.45) is 0. The molecular weight excluding hydrogens is 550 g/mol. The monoisotopic (exact) mass is 579 g/mol. The first kappa shape index (κ1) is 26.8. The molecule has 0 amide bonds. The van der Waals surface area contributed by atoms with E-state index in [-0.39, 0.29) is 0 Å². The van der Waals surface area contributed by atoms with Crippen molar-refractivity contribution in [2.75, 3.05) is 7.11 Å². The average molecular weight is 580 g/mol. The van der Waals surface area contributed by atoms with Crippen LogP contribution in [0.15, 0.2) is 140 Å². The molecule has 0 saturated carbocycles. The maximum Gasteiger partial charge on any atom is 0.145 e. The fourth-order valence-corrected chi connectivity index (χ4v) is 7.12. The first-order valence-electron chi connectivity index (χ1n) is 15.1. The number of hydrogen-bond donors (Lipinski definition) is 0. The van der Waals surface area contributed by atoms with Gasteiger partial charge >= 0.3 is 0 Å². The van der Waals surface area contributed by atoms with E-state index in [1.54, 1.807) is 7.11 Å². The van der Waals surface area contributed by atoms with Gasteiger partial charge in [-0.05, 0) is 110 Å². The zero-order chi connectivity index (χ0) is 30.5. The Morgan fingerprint density at radius 3 is 1.69 bits per heavy atom. The Hall–Kier alpha value is -5.85. The normalized spacial score (nSPS) is 12.8. The van der Waals surface area contributed by atoms with Crippen LogP contribution in [0.3, 0.4) is 0 Å². The first-order valence-corrected chi connectivity index (χ1v) is 15.1. The zero-order valence-electron chi connectivity index (χ0n) is 25.0. The van der Waals surface area contributed by atoms with Crippen molar-refractivity contribution in [2.24, 2.45) is 0 Å². The van der Waals surface area contributed by atoms with Gasteiger partial charge in [-0.2, -0.15) is 5.26 Å². The van der Waals surface area contributed by atoms with Gasteiger partial charge in [0.25, 0.3) is 0 Å². The molecule has 0 aliphatic heterocycles. The number of aryl methyl sites for hydroxylation is 1. The molecule has 0 aromatic heterocycles.